The highest BCUT2D eigenvalue weighted by Crippen LogP contribution is 2.45. The number of hydrogen-bond donors (Lipinski definition) is 0. The Bertz CT molecular complexity index is 573. The lowest BCUT2D eigenvalue weighted by molar-refractivity contribution is 0.0322. The van der Waals surface area contributed by atoms with Gasteiger partial charge in [0, 0.05) is 12.1 Å². The second kappa shape index (κ2) is 12.2. The molecule has 2 heteroatoms. The van der Waals surface area contributed by atoms with Crippen LogP contribution >= 0.6 is 0 Å². The Balaban J connectivity index is 1.11. The van der Waals surface area contributed by atoms with E-state index >= 15 is 0 Å². The van der Waals surface area contributed by atoms with E-state index < -0.39 is 0 Å². The Morgan fingerprint density at radius 3 is 1.31 bits per heavy atom. The molecule has 2 aliphatic carbocycles. The first kappa shape index (κ1) is 27.9. The van der Waals surface area contributed by atoms with Gasteiger partial charge in [-0.25, -0.2) is 0 Å². The molecule has 2 heterocycles. The van der Waals surface area contributed by atoms with Crippen LogP contribution in [-0.4, -0.2) is 48.1 Å². The third-order valence-electron chi connectivity index (χ3n) is 12.3. The predicted octanol–water partition coefficient (Wildman–Crippen LogP) is 8.79. The summed E-state index contributed by atoms with van der Waals surface area (Å²) in [6.07, 6.45) is 22.1. The summed E-state index contributed by atoms with van der Waals surface area (Å²) in [5.74, 6) is 3.69. The van der Waals surface area contributed by atoms with E-state index in [9.17, 15) is 0 Å². The Hall–Kier alpha value is -0.0800. The summed E-state index contributed by atoms with van der Waals surface area (Å²) < 4.78 is 0. The van der Waals surface area contributed by atoms with Crippen molar-refractivity contribution >= 4 is 0 Å². The minimum Gasteiger partial charge on any atom is -0.300 e. The zero-order valence-corrected chi connectivity index (χ0v) is 24.8. The molecule has 0 bridgehead atoms. The molecule has 0 aromatic heterocycles. The van der Waals surface area contributed by atoms with Gasteiger partial charge in [-0.1, -0.05) is 73.6 Å². The van der Waals surface area contributed by atoms with Crippen molar-refractivity contribution in [2.24, 2.45) is 34.5 Å². The fourth-order valence-electron chi connectivity index (χ4n) is 8.55. The van der Waals surface area contributed by atoms with E-state index in [4.69, 9.17) is 0 Å². The number of piperidine rings is 2. The van der Waals surface area contributed by atoms with E-state index in [0.717, 1.165) is 35.8 Å². The van der Waals surface area contributed by atoms with Crippen LogP contribution in [0.2, 0.25) is 0 Å². The quantitative estimate of drug-likeness (QED) is 0.338. The number of rotatable bonds is 8. The molecule has 4 rings (SSSR count). The molecule has 4 unspecified atom stereocenters. The molecular formula is C33H62N2. The predicted molar refractivity (Wildman–Crippen MR) is 153 cm³/mol. The summed E-state index contributed by atoms with van der Waals surface area (Å²) >= 11 is 0. The van der Waals surface area contributed by atoms with Gasteiger partial charge < -0.3 is 9.80 Å². The summed E-state index contributed by atoms with van der Waals surface area (Å²) in [4.78, 5) is 5.81. The maximum atomic E-state index is 2.90. The maximum Gasteiger partial charge on any atom is 0.0100 e. The first-order chi connectivity index (χ1) is 16.7. The lowest BCUT2D eigenvalue weighted by Gasteiger charge is -2.47. The van der Waals surface area contributed by atoms with Crippen molar-refractivity contribution in [1.29, 1.82) is 0 Å². The minimum atomic E-state index is 0.584. The van der Waals surface area contributed by atoms with Gasteiger partial charge in [-0.05, 0) is 125 Å². The highest BCUT2D eigenvalue weighted by atomic mass is 15.2. The Morgan fingerprint density at radius 1 is 0.600 bits per heavy atom. The fraction of sp³-hybridized carbons (Fsp3) is 1.00. The molecular weight excluding hydrogens is 424 g/mol. The first-order valence-electron chi connectivity index (χ1n) is 16.2. The van der Waals surface area contributed by atoms with Crippen molar-refractivity contribution in [3.63, 3.8) is 0 Å². The normalized spacial score (nSPS) is 37.4. The maximum absolute atomic E-state index is 2.90. The van der Waals surface area contributed by atoms with Crippen molar-refractivity contribution in [3.8, 4) is 0 Å². The summed E-state index contributed by atoms with van der Waals surface area (Å²) in [5.41, 5.74) is 1.17. The van der Waals surface area contributed by atoms with Crippen LogP contribution < -0.4 is 0 Å². The van der Waals surface area contributed by atoms with Gasteiger partial charge in [-0.3, -0.25) is 0 Å². The van der Waals surface area contributed by atoms with Crippen LogP contribution in [0, 0.1) is 34.5 Å². The van der Waals surface area contributed by atoms with Crippen molar-refractivity contribution in [2.75, 3.05) is 26.2 Å². The van der Waals surface area contributed by atoms with Gasteiger partial charge in [-0.2, -0.15) is 0 Å². The zero-order valence-electron chi connectivity index (χ0n) is 24.8. The molecule has 0 amide bonds. The van der Waals surface area contributed by atoms with Crippen LogP contribution in [0.4, 0.5) is 0 Å². The van der Waals surface area contributed by atoms with E-state index in [1.165, 1.54) is 122 Å². The topological polar surface area (TPSA) is 6.48 Å². The van der Waals surface area contributed by atoms with Gasteiger partial charge in [-0.15, -0.1) is 0 Å². The van der Waals surface area contributed by atoms with Crippen LogP contribution in [0.3, 0.4) is 0 Å². The molecule has 2 aliphatic heterocycles. The highest BCUT2D eigenvalue weighted by Gasteiger charge is 2.39. The van der Waals surface area contributed by atoms with Gasteiger partial charge in [0.05, 0.1) is 0 Å². The molecule has 0 radical (unpaired) electrons. The molecule has 2 saturated carbocycles. The van der Waals surface area contributed by atoms with Crippen molar-refractivity contribution in [1.82, 2.24) is 9.80 Å². The second-order valence-corrected chi connectivity index (χ2v) is 15.0. The first-order valence-corrected chi connectivity index (χ1v) is 16.2. The number of likely N-dealkylation sites (tertiary alicyclic amines) is 2. The molecule has 4 atom stereocenters. The molecule has 0 N–H and O–H groups in total. The molecule has 35 heavy (non-hydrogen) atoms. The monoisotopic (exact) mass is 486 g/mol. The van der Waals surface area contributed by atoms with Crippen molar-refractivity contribution in [2.45, 2.75) is 150 Å². The van der Waals surface area contributed by atoms with E-state index in [0.29, 0.717) is 10.8 Å². The van der Waals surface area contributed by atoms with E-state index in [2.05, 4.69) is 51.3 Å². The molecule has 2 saturated heterocycles. The lowest BCUT2D eigenvalue weighted by atomic mass is 9.66. The molecule has 204 valence electrons. The van der Waals surface area contributed by atoms with Gasteiger partial charge in [0.1, 0.15) is 0 Å². The average molecular weight is 487 g/mol. The van der Waals surface area contributed by atoms with E-state index in [1.807, 2.05) is 0 Å². The van der Waals surface area contributed by atoms with E-state index in [1.54, 1.807) is 0 Å². The Labute approximate surface area is 220 Å². The van der Waals surface area contributed by atoms with Crippen molar-refractivity contribution < 1.29 is 0 Å². The SMILES string of the molecule is CC(C)C1(C)CCCC(N2CCC(CCCC3CCN(C4CCCC(C)(C(C)C)C4)CC3)CC2)C1. The highest BCUT2D eigenvalue weighted by molar-refractivity contribution is 4.92. The Morgan fingerprint density at radius 2 is 0.971 bits per heavy atom. The summed E-state index contributed by atoms with van der Waals surface area (Å²) in [5, 5.41) is 0. The standard InChI is InChI=1S/C33H62N2/c1-26(2)32(5)18-8-12-30(24-32)34-20-14-28(15-21-34)10-7-11-29-16-22-35(23-17-29)31-13-9-19-33(6,25-31)27(3)4/h26-31H,7-25H2,1-6H3. The van der Waals surface area contributed by atoms with Gasteiger partial charge >= 0.3 is 0 Å². The molecule has 0 aromatic rings. The van der Waals surface area contributed by atoms with Crippen LogP contribution in [-0.2, 0) is 0 Å². The third-order valence-corrected chi connectivity index (χ3v) is 12.3. The molecule has 0 spiro atoms. The average Bonchev–Trinajstić information content (AvgIpc) is 2.85. The van der Waals surface area contributed by atoms with Gasteiger partial charge in [0.25, 0.3) is 0 Å². The fourth-order valence-corrected chi connectivity index (χ4v) is 8.55. The molecule has 4 fully saturated rings. The third kappa shape index (κ3) is 7.07. The molecule has 0 aromatic carbocycles. The smallest absolute Gasteiger partial charge is 0.0100 e. The second-order valence-electron chi connectivity index (χ2n) is 15.0. The summed E-state index contributed by atoms with van der Waals surface area (Å²) in [6.45, 7) is 20.5. The summed E-state index contributed by atoms with van der Waals surface area (Å²) in [6, 6.07) is 1.76. The molecule has 4 aliphatic rings. The largest absolute Gasteiger partial charge is 0.300 e. The van der Waals surface area contributed by atoms with Crippen LogP contribution in [0.5, 0.6) is 0 Å². The minimum absolute atomic E-state index is 0.584. The van der Waals surface area contributed by atoms with Gasteiger partial charge in [0.2, 0.25) is 0 Å². The Kier molecular flexibility index (Phi) is 9.73. The lowest BCUT2D eigenvalue weighted by Crippen LogP contribution is -2.47. The van der Waals surface area contributed by atoms with Crippen LogP contribution in [0.25, 0.3) is 0 Å². The van der Waals surface area contributed by atoms with Crippen LogP contribution in [0.1, 0.15) is 138 Å². The van der Waals surface area contributed by atoms with Gasteiger partial charge in [0.15, 0.2) is 0 Å². The number of hydrogen-bond acceptors (Lipinski definition) is 2. The van der Waals surface area contributed by atoms with E-state index in [-0.39, 0.29) is 0 Å². The van der Waals surface area contributed by atoms with Crippen molar-refractivity contribution in [3.05, 3.63) is 0 Å². The zero-order chi connectivity index (χ0) is 25.1. The summed E-state index contributed by atoms with van der Waals surface area (Å²) in [7, 11) is 0. The number of nitrogens with zero attached hydrogens (tertiary/aromatic N) is 2. The van der Waals surface area contributed by atoms with Crippen LogP contribution in [0.15, 0.2) is 0 Å². The molecule has 2 nitrogen and oxygen atoms in total.